The Labute approximate surface area is 204 Å². The summed E-state index contributed by atoms with van der Waals surface area (Å²) in [6.07, 6.45) is 1.21. The average Bonchev–Trinajstić information content (AvgIpc) is 3.19. The number of carbonyl (C=O) groups excluding carboxylic acids is 3. The molecule has 1 N–H and O–H groups in total. The zero-order valence-corrected chi connectivity index (χ0v) is 20.8. The van der Waals surface area contributed by atoms with Gasteiger partial charge in [-0.05, 0) is 30.9 Å². The molecule has 0 radical (unpaired) electrons. The van der Waals surface area contributed by atoms with Crippen molar-refractivity contribution in [3.05, 3.63) is 41.5 Å². The van der Waals surface area contributed by atoms with E-state index in [4.69, 9.17) is 4.74 Å². The molecule has 0 unspecified atom stereocenters. The van der Waals surface area contributed by atoms with Crippen LogP contribution in [-0.4, -0.2) is 86.0 Å². The molecule has 182 valence electrons. The molecular weight excluding hydrogens is 452 g/mol. The van der Waals surface area contributed by atoms with E-state index in [1.54, 1.807) is 28.8 Å². The quantitative estimate of drug-likeness (QED) is 0.720. The molecule has 2 aliphatic rings. The highest BCUT2D eigenvalue weighted by Gasteiger charge is 2.31. The van der Waals surface area contributed by atoms with E-state index in [-0.39, 0.29) is 23.8 Å². The molecule has 0 saturated carbocycles. The van der Waals surface area contributed by atoms with E-state index in [1.165, 1.54) is 11.3 Å². The third-order valence-corrected chi connectivity index (χ3v) is 7.71. The van der Waals surface area contributed by atoms with Gasteiger partial charge < -0.3 is 24.8 Å². The Balaban J connectivity index is 1.56. The summed E-state index contributed by atoms with van der Waals surface area (Å²) < 4.78 is 5.41. The van der Waals surface area contributed by atoms with Crippen LogP contribution in [0.1, 0.15) is 28.8 Å². The van der Waals surface area contributed by atoms with Crippen LogP contribution in [-0.2, 0) is 9.53 Å². The second-order valence-electron chi connectivity index (χ2n) is 8.96. The number of benzene rings is 1. The van der Waals surface area contributed by atoms with E-state index in [1.807, 2.05) is 37.3 Å². The summed E-state index contributed by atoms with van der Waals surface area (Å²) in [5.41, 5.74) is 2.48. The molecule has 2 aromatic rings. The minimum absolute atomic E-state index is 0.0290. The van der Waals surface area contributed by atoms with Crippen LogP contribution < -0.4 is 5.32 Å². The number of rotatable bonds is 4. The average molecular weight is 485 g/mol. The fourth-order valence-corrected chi connectivity index (χ4v) is 5.69. The van der Waals surface area contributed by atoms with E-state index >= 15 is 0 Å². The Kier molecular flexibility index (Phi) is 7.53. The van der Waals surface area contributed by atoms with E-state index in [0.29, 0.717) is 62.8 Å². The van der Waals surface area contributed by atoms with Crippen LogP contribution in [0.3, 0.4) is 0 Å². The fraction of sp³-hybridized carbons (Fsp3) is 0.480. The Morgan fingerprint density at radius 3 is 2.26 bits per heavy atom. The number of anilines is 1. The number of urea groups is 1. The summed E-state index contributed by atoms with van der Waals surface area (Å²) in [6.45, 7) is 5.17. The minimum atomic E-state index is -0.194. The number of amides is 4. The lowest BCUT2D eigenvalue weighted by Gasteiger charge is -2.33. The van der Waals surface area contributed by atoms with E-state index in [0.717, 1.165) is 16.0 Å². The van der Waals surface area contributed by atoms with Gasteiger partial charge in [0.25, 0.3) is 5.91 Å². The van der Waals surface area contributed by atoms with Crippen molar-refractivity contribution in [2.45, 2.75) is 19.8 Å². The Morgan fingerprint density at radius 2 is 1.65 bits per heavy atom. The van der Waals surface area contributed by atoms with E-state index < -0.39 is 0 Å². The maximum absolute atomic E-state index is 13.5. The van der Waals surface area contributed by atoms with Gasteiger partial charge in [0.1, 0.15) is 5.00 Å². The SMILES string of the molecule is Cc1c(-c2ccccc2)sc(NC(=O)C2CCN(C(=O)N(C)C)CC2)c1C(=O)N1CCOCC1. The Hall–Kier alpha value is -2.91. The topological polar surface area (TPSA) is 82.2 Å². The number of nitrogens with zero attached hydrogens (tertiary/aromatic N) is 3. The molecule has 0 spiro atoms. The zero-order chi connectivity index (χ0) is 24.2. The summed E-state index contributed by atoms with van der Waals surface area (Å²) in [5, 5.41) is 3.69. The van der Waals surface area contributed by atoms with Crippen molar-refractivity contribution in [2.75, 3.05) is 58.8 Å². The minimum Gasteiger partial charge on any atom is -0.378 e. The number of hydrogen-bond donors (Lipinski definition) is 1. The van der Waals surface area contributed by atoms with Gasteiger partial charge in [-0.2, -0.15) is 0 Å². The molecule has 34 heavy (non-hydrogen) atoms. The molecule has 2 saturated heterocycles. The predicted molar refractivity (Wildman–Crippen MR) is 133 cm³/mol. The number of thiophene rings is 1. The van der Waals surface area contributed by atoms with Crippen LogP contribution in [0.25, 0.3) is 10.4 Å². The fourth-order valence-electron chi connectivity index (χ4n) is 4.48. The van der Waals surface area contributed by atoms with Gasteiger partial charge in [-0.3, -0.25) is 9.59 Å². The molecule has 2 fully saturated rings. The summed E-state index contributed by atoms with van der Waals surface area (Å²) >= 11 is 1.45. The molecule has 8 nitrogen and oxygen atoms in total. The standard InChI is InChI=1S/C25H32N4O4S/c1-17-20(24(31)28-13-15-33-16-14-28)23(34-21(17)18-7-5-4-6-8-18)26-22(30)19-9-11-29(12-10-19)25(32)27(2)3/h4-8,19H,9-16H2,1-3H3,(H,26,30). The van der Waals surface area contributed by atoms with Gasteiger partial charge >= 0.3 is 6.03 Å². The Morgan fingerprint density at radius 1 is 1.00 bits per heavy atom. The summed E-state index contributed by atoms with van der Waals surface area (Å²) in [7, 11) is 3.47. The molecule has 1 aromatic heterocycles. The first-order valence-corrected chi connectivity index (χ1v) is 12.5. The Bertz CT molecular complexity index is 1040. The van der Waals surface area contributed by atoms with Crippen LogP contribution in [0.2, 0.25) is 0 Å². The normalized spacial score (nSPS) is 16.9. The lowest BCUT2D eigenvalue weighted by molar-refractivity contribution is -0.121. The highest BCUT2D eigenvalue weighted by Crippen LogP contribution is 2.41. The van der Waals surface area contributed by atoms with Crippen LogP contribution in [0.4, 0.5) is 9.80 Å². The third-order valence-electron chi connectivity index (χ3n) is 6.45. The molecule has 0 bridgehead atoms. The number of piperidine rings is 1. The van der Waals surface area contributed by atoms with Gasteiger partial charge in [-0.25, -0.2) is 4.79 Å². The first kappa shape index (κ1) is 24.2. The largest absolute Gasteiger partial charge is 0.378 e. The monoisotopic (exact) mass is 484 g/mol. The van der Waals surface area contributed by atoms with Crippen molar-refractivity contribution < 1.29 is 19.1 Å². The summed E-state index contributed by atoms with van der Waals surface area (Å²) in [4.78, 5) is 45.1. The molecule has 0 aliphatic carbocycles. The third kappa shape index (κ3) is 5.10. The highest BCUT2D eigenvalue weighted by atomic mass is 32.1. The first-order valence-electron chi connectivity index (χ1n) is 11.7. The predicted octanol–water partition coefficient (Wildman–Crippen LogP) is 3.53. The van der Waals surface area contributed by atoms with Gasteiger partial charge in [0, 0.05) is 51.1 Å². The smallest absolute Gasteiger partial charge is 0.319 e. The molecule has 3 heterocycles. The molecule has 4 amide bonds. The molecule has 2 aliphatic heterocycles. The van der Waals surface area contributed by atoms with Crippen LogP contribution in [0, 0.1) is 12.8 Å². The number of likely N-dealkylation sites (tertiary alicyclic amines) is 1. The van der Waals surface area contributed by atoms with Gasteiger partial charge in [0.2, 0.25) is 5.91 Å². The zero-order valence-electron chi connectivity index (χ0n) is 20.0. The van der Waals surface area contributed by atoms with Crippen LogP contribution in [0.5, 0.6) is 0 Å². The molecule has 9 heteroatoms. The maximum atomic E-state index is 13.5. The summed E-state index contributed by atoms with van der Waals surface area (Å²) in [5.74, 6) is -0.352. The first-order chi connectivity index (χ1) is 16.4. The number of nitrogens with one attached hydrogen (secondary N) is 1. The highest BCUT2D eigenvalue weighted by molar-refractivity contribution is 7.20. The van der Waals surface area contributed by atoms with Crippen molar-refractivity contribution in [2.24, 2.45) is 5.92 Å². The lowest BCUT2D eigenvalue weighted by Crippen LogP contribution is -2.45. The van der Waals surface area contributed by atoms with Crippen molar-refractivity contribution in [3.8, 4) is 10.4 Å². The van der Waals surface area contributed by atoms with Gasteiger partial charge in [0.05, 0.1) is 18.8 Å². The number of carbonyl (C=O) groups is 3. The van der Waals surface area contributed by atoms with Crippen molar-refractivity contribution in [3.63, 3.8) is 0 Å². The number of hydrogen-bond acceptors (Lipinski definition) is 5. The summed E-state index contributed by atoms with van der Waals surface area (Å²) in [6, 6.07) is 9.91. The molecule has 4 rings (SSSR count). The van der Waals surface area contributed by atoms with E-state index in [2.05, 4.69) is 5.32 Å². The van der Waals surface area contributed by atoms with Gasteiger partial charge in [-0.15, -0.1) is 11.3 Å². The van der Waals surface area contributed by atoms with Crippen molar-refractivity contribution >= 4 is 34.2 Å². The number of ether oxygens (including phenoxy) is 1. The second-order valence-corrected chi connectivity index (χ2v) is 9.98. The molecule has 0 atom stereocenters. The molecular formula is C25H32N4O4S. The lowest BCUT2D eigenvalue weighted by atomic mass is 9.96. The van der Waals surface area contributed by atoms with Crippen molar-refractivity contribution in [1.29, 1.82) is 0 Å². The van der Waals surface area contributed by atoms with Crippen LogP contribution in [0.15, 0.2) is 30.3 Å². The van der Waals surface area contributed by atoms with Gasteiger partial charge in [0.15, 0.2) is 0 Å². The maximum Gasteiger partial charge on any atom is 0.319 e. The van der Waals surface area contributed by atoms with Gasteiger partial charge in [-0.1, -0.05) is 30.3 Å². The number of morpholine rings is 1. The second kappa shape index (κ2) is 10.6. The van der Waals surface area contributed by atoms with Crippen molar-refractivity contribution in [1.82, 2.24) is 14.7 Å². The van der Waals surface area contributed by atoms with Crippen LogP contribution >= 0.6 is 11.3 Å². The molecule has 1 aromatic carbocycles. The van der Waals surface area contributed by atoms with E-state index in [9.17, 15) is 14.4 Å².